The Bertz CT molecular complexity index is 743. The highest BCUT2D eigenvalue weighted by atomic mass is 127. The zero-order valence-electron chi connectivity index (χ0n) is 10.6. The minimum atomic E-state index is -0.463. The molecule has 2 heterocycles. The van der Waals surface area contributed by atoms with Gasteiger partial charge in [0.15, 0.2) is 9.46 Å². The van der Waals surface area contributed by atoms with Crippen molar-refractivity contribution in [3.63, 3.8) is 0 Å². The molecule has 1 aliphatic rings. The first-order valence-electron chi connectivity index (χ1n) is 5.97. The molecule has 3 rings (SSSR count). The lowest BCUT2D eigenvalue weighted by molar-refractivity contribution is -0.129. The Morgan fingerprint density at radius 3 is 2.70 bits per heavy atom. The number of rotatable bonds is 2. The maximum Gasteiger partial charge on any atom is 0.363 e. The SMILES string of the molecule is Cc1ccccc1C1=N/C(=C\c2ccc(I)o2)C(=O)O1. The summed E-state index contributed by atoms with van der Waals surface area (Å²) in [5.74, 6) is 0.450. The molecule has 0 aliphatic carbocycles. The number of benzene rings is 1. The Balaban J connectivity index is 1.97. The quantitative estimate of drug-likeness (QED) is 0.456. The molecule has 1 aliphatic heterocycles. The van der Waals surface area contributed by atoms with E-state index in [2.05, 4.69) is 27.6 Å². The van der Waals surface area contributed by atoms with Gasteiger partial charge in [0, 0.05) is 11.6 Å². The number of hydrogen-bond donors (Lipinski definition) is 0. The number of nitrogens with zero attached hydrogens (tertiary/aromatic N) is 1. The third kappa shape index (κ3) is 2.53. The molecule has 1 aromatic carbocycles. The first kappa shape index (κ1) is 13.1. The summed E-state index contributed by atoms with van der Waals surface area (Å²) >= 11 is 2.06. The van der Waals surface area contributed by atoms with Gasteiger partial charge < -0.3 is 9.15 Å². The number of furan rings is 1. The number of aliphatic imine (C=N–C) groups is 1. The van der Waals surface area contributed by atoms with Crippen molar-refractivity contribution >= 4 is 40.5 Å². The van der Waals surface area contributed by atoms with E-state index >= 15 is 0 Å². The topological polar surface area (TPSA) is 51.8 Å². The lowest BCUT2D eigenvalue weighted by atomic mass is 10.1. The fourth-order valence-corrected chi connectivity index (χ4v) is 2.31. The summed E-state index contributed by atoms with van der Waals surface area (Å²) < 4.78 is 11.4. The minimum absolute atomic E-state index is 0.244. The maximum absolute atomic E-state index is 11.8. The van der Waals surface area contributed by atoms with Crippen LogP contribution in [0.3, 0.4) is 0 Å². The van der Waals surface area contributed by atoms with Crippen molar-refractivity contribution < 1.29 is 13.9 Å². The summed E-state index contributed by atoms with van der Waals surface area (Å²) in [6.45, 7) is 1.95. The Kier molecular flexibility index (Phi) is 3.43. The van der Waals surface area contributed by atoms with E-state index in [1.165, 1.54) is 0 Å². The predicted octanol–water partition coefficient (Wildman–Crippen LogP) is 3.54. The van der Waals surface area contributed by atoms with Crippen LogP contribution in [0, 0.1) is 10.7 Å². The van der Waals surface area contributed by atoms with Crippen molar-refractivity contribution in [2.24, 2.45) is 4.99 Å². The molecule has 0 radical (unpaired) electrons. The molecular weight excluding hydrogens is 369 g/mol. The fraction of sp³-hybridized carbons (Fsp3) is 0.0667. The zero-order chi connectivity index (χ0) is 14.1. The average molecular weight is 379 g/mol. The number of halogens is 1. The Labute approximate surface area is 129 Å². The van der Waals surface area contributed by atoms with Crippen molar-refractivity contribution in [3.05, 3.63) is 62.7 Å². The Hall–Kier alpha value is -1.89. The summed E-state index contributed by atoms with van der Waals surface area (Å²) in [7, 11) is 0. The van der Waals surface area contributed by atoms with Gasteiger partial charge in [-0.15, -0.1) is 0 Å². The number of ether oxygens (including phenoxy) is 1. The molecule has 0 bridgehead atoms. The number of aryl methyl sites for hydroxylation is 1. The van der Waals surface area contributed by atoms with Gasteiger partial charge in [-0.05, 0) is 53.3 Å². The summed E-state index contributed by atoms with van der Waals surface area (Å²) in [5.41, 5.74) is 2.07. The predicted molar refractivity (Wildman–Crippen MR) is 83.2 cm³/mol. The average Bonchev–Trinajstić information content (AvgIpc) is 2.98. The van der Waals surface area contributed by atoms with E-state index in [-0.39, 0.29) is 5.70 Å². The van der Waals surface area contributed by atoms with Gasteiger partial charge in [-0.3, -0.25) is 0 Å². The highest BCUT2D eigenvalue weighted by molar-refractivity contribution is 14.1. The lowest BCUT2D eigenvalue weighted by Crippen LogP contribution is -2.06. The van der Waals surface area contributed by atoms with Gasteiger partial charge in [0.2, 0.25) is 5.90 Å². The molecule has 4 nitrogen and oxygen atoms in total. The second-order valence-electron chi connectivity index (χ2n) is 4.29. The highest BCUT2D eigenvalue weighted by Gasteiger charge is 2.25. The highest BCUT2D eigenvalue weighted by Crippen LogP contribution is 2.21. The van der Waals surface area contributed by atoms with Crippen molar-refractivity contribution in [1.29, 1.82) is 0 Å². The summed E-state index contributed by atoms with van der Waals surface area (Å²) in [4.78, 5) is 16.1. The molecule has 0 spiro atoms. The van der Waals surface area contributed by atoms with Gasteiger partial charge in [-0.2, -0.15) is 0 Å². The molecular formula is C15H10INO3. The van der Waals surface area contributed by atoms with E-state index in [1.54, 1.807) is 12.1 Å². The molecule has 0 atom stereocenters. The van der Waals surface area contributed by atoms with Gasteiger partial charge in [0.1, 0.15) is 5.76 Å². The van der Waals surface area contributed by atoms with Crippen LogP contribution in [0.25, 0.3) is 6.08 Å². The van der Waals surface area contributed by atoms with E-state index < -0.39 is 5.97 Å². The summed E-state index contributed by atoms with van der Waals surface area (Å²) in [5, 5.41) is 0. The second-order valence-corrected chi connectivity index (χ2v) is 5.36. The molecule has 5 heteroatoms. The molecule has 0 unspecified atom stereocenters. The second kappa shape index (κ2) is 5.24. The Morgan fingerprint density at radius 1 is 1.20 bits per heavy atom. The van der Waals surface area contributed by atoms with E-state index in [0.29, 0.717) is 11.7 Å². The van der Waals surface area contributed by atoms with E-state index in [0.717, 1.165) is 14.9 Å². The molecule has 0 saturated carbocycles. The summed E-state index contributed by atoms with van der Waals surface area (Å²) in [6, 6.07) is 11.2. The third-order valence-electron chi connectivity index (χ3n) is 2.87. The normalized spacial score (nSPS) is 16.4. The van der Waals surface area contributed by atoms with Crippen LogP contribution in [0.5, 0.6) is 0 Å². The fourth-order valence-electron chi connectivity index (χ4n) is 1.88. The lowest BCUT2D eigenvalue weighted by Gasteiger charge is -2.02. The van der Waals surface area contributed by atoms with Gasteiger partial charge in [0.05, 0.1) is 0 Å². The van der Waals surface area contributed by atoms with Gasteiger partial charge in [-0.25, -0.2) is 9.79 Å². The molecule has 0 fully saturated rings. The van der Waals surface area contributed by atoms with E-state index in [1.807, 2.05) is 37.3 Å². The zero-order valence-corrected chi connectivity index (χ0v) is 12.7. The number of cyclic esters (lactones) is 1. The van der Waals surface area contributed by atoms with Crippen LogP contribution in [0.4, 0.5) is 0 Å². The third-order valence-corrected chi connectivity index (χ3v) is 3.45. The minimum Gasteiger partial charge on any atom is -0.451 e. The van der Waals surface area contributed by atoms with Crippen LogP contribution in [0.15, 0.2) is 51.5 Å². The van der Waals surface area contributed by atoms with Crippen LogP contribution >= 0.6 is 22.6 Å². The maximum atomic E-state index is 11.8. The number of carbonyl (C=O) groups excluding carboxylic acids is 1. The van der Waals surface area contributed by atoms with Crippen LogP contribution < -0.4 is 0 Å². The van der Waals surface area contributed by atoms with Crippen molar-refractivity contribution in [2.45, 2.75) is 6.92 Å². The van der Waals surface area contributed by atoms with E-state index in [4.69, 9.17) is 9.15 Å². The van der Waals surface area contributed by atoms with Crippen LogP contribution in [-0.2, 0) is 9.53 Å². The van der Waals surface area contributed by atoms with Crippen LogP contribution in [-0.4, -0.2) is 11.9 Å². The Morgan fingerprint density at radius 2 is 2.00 bits per heavy atom. The smallest absolute Gasteiger partial charge is 0.363 e. The molecule has 100 valence electrons. The molecule has 1 aromatic heterocycles. The molecule has 20 heavy (non-hydrogen) atoms. The van der Waals surface area contributed by atoms with Crippen molar-refractivity contribution in [3.8, 4) is 0 Å². The van der Waals surface area contributed by atoms with Crippen molar-refractivity contribution in [2.75, 3.05) is 0 Å². The van der Waals surface area contributed by atoms with Crippen LogP contribution in [0.1, 0.15) is 16.9 Å². The van der Waals surface area contributed by atoms with Gasteiger partial charge >= 0.3 is 5.97 Å². The van der Waals surface area contributed by atoms with E-state index in [9.17, 15) is 4.79 Å². The number of esters is 1. The molecule has 0 saturated heterocycles. The first-order chi connectivity index (χ1) is 9.63. The number of carbonyl (C=O) groups is 1. The monoisotopic (exact) mass is 379 g/mol. The summed E-state index contributed by atoms with van der Waals surface area (Å²) in [6.07, 6.45) is 1.58. The standard InChI is InChI=1S/C15H10INO3/c1-9-4-2-3-5-11(9)14-17-12(15(18)20-14)8-10-6-7-13(16)19-10/h2-8H,1H3/b12-8-. The van der Waals surface area contributed by atoms with Crippen molar-refractivity contribution in [1.82, 2.24) is 0 Å². The molecule has 2 aromatic rings. The van der Waals surface area contributed by atoms with Crippen LogP contribution in [0.2, 0.25) is 0 Å². The van der Waals surface area contributed by atoms with Gasteiger partial charge in [0.25, 0.3) is 0 Å². The first-order valence-corrected chi connectivity index (χ1v) is 7.05. The largest absolute Gasteiger partial charge is 0.451 e. The molecule has 0 N–H and O–H groups in total. The molecule has 0 amide bonds. The van der Waals surface area contributed by atoms with Gasteiger partial charge in [-0.1, -0.05) is 18.2 Å². The number of hydrogen-bond acceptors (Lipinski definition) is 4.